The Labute approximate surface area is 167 Å². The molecule has 2 aromatic carbocycles. The summed E-state index contributed by atoms with van der Waals surface area (Å²) in [5, 5.41) is 4.80. The van der Waals surface area contributed by atoms with Gasteiger partial charge in [0.1, 0.15) is 11.5 Å². The first kappa shape index (κ1) is 19.5. The summed E-state index contributed by atoms with van der Waals surface area (Å²) in [5.41, 5.74) is 1.20. The number of halogens is 1. The van der Waals surface area contributed by atoms with E-state index in [-0.39, 0.29) is 30.3 Å². The second-order valence-electron chi connectivity index (χ2n) is 6.89. The van der Waals surface area contributed by atoms with E-state index in [9.17, 15) is 17.6 Å². The van der Waals surface area contributed by atoms with Gasteiger partial charge in [-0.15, -0.1) is 0 Å². The molecular weight excluding hydrogens is 397 g/mol. The molecule has 0 spiro atoms. The van der Waals surface area contributed by atoms with E-state index in [0.717, 1.165) is 17.5 Å². The van der Waals surface area contributed by atoms with Crippen LogP contribution in [-0.4, -0.2) is 54.9 Å². The van der Waals surface area contributed by atoms with Crippen molar-refractivity contribution in [3.63, 3.8) is 0 Å². The van der Waals surface area contributed by atoms with Gasteiger partial charge in [0.15, 0.2) is 5.58 Å². The summed E-state index contributed by atoms with van der Waals surface area (Å²) in [6.45, 7) is 1.24. The number of rotatable bonds is 4. The third kappa shape index (κ3) is 4.01. The van der Waals surface area contributed by atoms with Crippen LogP contribution in [0.5, 0.6) is 0 Å². The third-order valence-electron chi connectivity index (χ3n) is 5.03. The zero-order valence-electron chi connectivity index (χ0n) is 15.6. The minimum absolute atomic E-state index is 0.0488. The van der Waals surface area contributed by atoms with Crippen LogP contribution in [0.1, 0.15) is 12.1 Å². The van der Waals surface area contributed by atoms with Crippen molar-refractivity contribution >= 4 is 26.9 Å². The lowest BCUT2D eigenvalue weighted by Crippen LogP contribution is -2.38. The fourth-order valence-corrected chi connectivity index (χ4v) is 4.93. The number of benzene rings is 2. The van der Waals surface area contributed by atoms with Crippen molar-refractivity contribution in [2.24, 2.45) is 0 Å². The highest BCUT2D eigenvalue weighted by atomic mass is 32.2. The van der Waals surface area contributed by atoms with Gasteiger partial charge in [-0.3, -0.25) is 4.79 Å². The minimum atomic E-state index is -3.73. The van der Waals surface area contributed by atoms with Crippen LogP contribution in [0.3, 0.4) is 0 Å². The van der Waals surface area contributed by atoms with Crippen molar-refractivity contribution < 1.29 is 22.1 Å². The number of sulfonamides is 1. The Balaban J connectivity index is 1.44. The maximum absolute atomic E-state index is 13.1. The molecule has 9 heteroatoms. The monoisotopic (exact) mass is 417 g/mol. The van der Waals surface area contributed by atoms with Gasteiger partial charge in [0.2, 0.25) is 15.9 Å². The van der Waals surface area contributed by atoms with Crippen LogP contribution >= 0.6 is 0 Å². The van der Waals surface area contributed by atoms with Gasteiger partial charge in [0, 0.05) is 31.6 Å². The van der Waals surface area contributed by atoms with Crippen molar-refractivity contribution in [2.45, 2.75) is 17.7 Å². The van der Waals surface area contributed by atoms with Crippen molar-refractivity contribution in [1.82, 2.24) is 14.4 Å². The first-order valence-electron chi connectivity index (χ1n) is 9.32. The van der Waals surface area contributed by atoms with Crippen LogP contribution < -0.4 is 0 Å². The number of fused-ring (bicyclic) bond motifs is 1. The molecular formula is C20H20FN3O4S. The van der Waals surface area contributed by atoms with E-state index >= 15 is 0 Å². The van der Waals surface area contributed by atoms with Gasteiger partial charge in [0.05, 0.1) is 11.3 Å². The fraction of sp³-hybridized carbons (Fsp3) is 0.300. The molecule has 2 heterocycles. The molecule has 1 aliphatic heterocycles. The van der Waals surface area contributed by atoms with Crippen molar-refractivity contribution in [3.8, 4) is 0 Å². The number of nitrogens with zero attached hydrogens (tertiary/aromatic N) is 3. The summed E-state index contributed by atoms with van der Waals surface area (Å²) in [5.74, 6) is -0.609. The smallest absolute Gasteiger partial charge is 0.243 e. The first-order chi connectivity index (χ1) is 13.9. The number of hydrogen-bond donors (Lipinski definition) is 0. The highest BCUT2D eigenvalue weighted by molar-refractivity contribution is 7.89. The molecule has 1 amide bonds. The van der Waals surface area contributed by atoms with Gasteiger partial charge in [-0.1, -0.05) is 17.3 Å². The Morgan fingerprint density at radius 1 is 1.03 bits per heavy atom. The van der Waals surface area contributed by atoms with Gasteiger partial charge >= 0.3 is 0 Å². The molecule has 1 aromatic heterocycles. The summed E-state index contributed by atoms with van der Waals surface area (Å²) in [4.78, 5) is 14.5. The largest absolute Gasteiger partial charge is 0.356 e. The number of para-hydroxylation sites is 1. The van der Waals surface area contributed by atoms with Crippen LogP contribution in [0.2, 0.25) is 0 Å². The zero-order valence-corrected chi connectivity index (χ0v) is 16.4. The van der Waals surface area contributed by atoms with Gasteiger partial charge in [-0.05, 0) is 42.8 Å². The van der Waals surface area contributed by atoms with E-state index in [2.05, 4.69) is 5.16 Å². The van der Waals surface area contributed by atoms with Crippen LogP contribution in [0.4, 0.5) is 4.39 Å². The SMILES string of the molecule is O=C(Cc1noc2ccccc12)N1CCCN(S(=O)(=O)c2ccc(F)cc2)CC1. The van der Waals surface area contributed by atoms with E-state index in [0.29, 0.717) is 30.8 Å². The molecule has 7 nitrogen and oxygen atoms in total. The van der Waals surface area contributed by atoms with Crippen LogP contribution in [-0.2, 0) is 21.2 Å². The molecule has 0 saturated carbocycles. The van der Waals surface area contributed by atoms with Gasteiger partial charge in [-0.2, -0.15) is 4.31 Å². The molecule has 0 unspecified atom stereocenters. The molecule has 1 aliphatic rings. The molecule has 4 rings (SSSR count). The second kappa shape index (κ2) is 7.92. The standard InChI is InChI=1S/C20H20FN3O4S/c21-15-6-8-16(9-7-15)29(26,27)24-11-3-10-23(12-13-24)20(25)14-18-17-4-1-2-5-19(17)28-22-18/h1-2,4-9H,3,10-14H2. The lowest BCUT2D eigenvalue weighted by molar-refractivity contribution is -0.130. The lowest BCUT2D eigenvalue weighted by atomic mass is 10.1. The Hall–Kier alpha value is -2.78. The first-order valence-corrected chi connectivity index (χ1v) is 10.8. The van der Waals surface area contributed by atoms with Crippen molar-refractivity contribution in [2.75, 3.05) is 26.2 Å². The topological polar surface area (TPSA) is 83.7 Å². The summed E-state index contributed by atoms with van der Waals surface area (Å²) in [6.07, 6.45) is 0.619. The van der Waals surface area contributed by atoms with Crippen LogP contribution in [0, 0.1) is 5.82 Å². The van der Waals surface area contributed by atoms with Crippen molar-refractivity contribution in [3.05, 3.63) is 60.0 Å². The van der Waals surface area contributed by atoms with Gasteiger partial charge in [-0.25, -0.2) is 12.8 Å². The molecule has 0 atom stereocenters. The fourth-order valence-electron chi connectivity index (χ4n) is 3.46. The lowest BCUT2D eigenvalue weighted by Gasteiger charge is -2.21. The van der Waals surface area contributed by atoms with Gasteiger partial charge in [0.25, 0.3) is 0 Å². The molecule has 3 aromatic rings. The maximum atomic E-state index is 13.1. The Kier molecular flexibility index (Phi) is 5.33. The molecule has 1 saturated heterocycles. The van der Waals surface area contributed by atoms with E-state index in [4.69, 9.17) is 4.52 Å². The molecule has 152 valence electrons. The zero-order chi connectivity index (χ0) is 20.4. The Morgan fingerprint density at radius 3 is 2.59 bits per heavy atom. The highest BCUT2D eigenvalue weighted by Gasteiger charge is 2.28. The number of hydrogen-bond acceptors (Lipinski definition) is 5. The maximum Gasteiger partial charge on any atom is 0.243 e. The third-order valence-corrected chi connectivity index (χ3v) is 6.94. The van der Waals surface area contributed by atoms with Crippen LogP contribution in [0.15, 0.2) is 57.9 Å². The number of amides is 1. The number of aromatic nitrogens is 1. The second-order valence-corrected chi connectivity index (χ2v) is 8.83. The summed E-state index contributed by atoms with van der Waals surface area (Å²) in [6, 6.07) is 12.1. The van der Waals surface area contributed by atoms with E-state index in [1.807, 2.05) is 18.2 Å². The molecule has 0 bridgehead atoms. The molecule has 1 fully saturated rings. The van der Waals surface area contributed by atoms with E-state index in [1.54, 1.807) is 11.0 Å². The summed E-state index contributed by atoms with van der Waals surface area (Å²) >= 11 is 0. The molecule has 0 N–H and O–H groups in total. The normalized spacial score (nSPS) is 16.1. The van der Waals surface area contributed by atoms with Gasteiger partial charge < -0.3 is 9.42 Å². The quantitative estimate of drug-likeness (QED) is 0.651. The average Bonchev–Trinajstić information content (AvgIpc) is 2.95. The molecule has 29 heavy (non-hydrogen) atoms. The molecule has 0 aliphatic carbocycles. The van der Waals surface area contributed by atoms with E-state index in [1.165, 1.54) is 16.4 Å². The number of carbonyl (C=O) groups excluding carboxylic acids is 1. The Bertz CT molecular complexity index is 1130. The molecule has 0 radical (unpaired) electrons. The highest BCUT2D eigenvalue weighted by Crippen LogP contribution is 2.21. The summed E-state index contributed by atoms with van der Waals surface area (Å²) < 4.78 is 45.3. The van der Waals surface area contributed by atoms with Crippen LogP contribution in [0.25, 0.3) is 11.0 Å². The predicted molar refractivity (Wildman–Crippen MR) is 104 cm³/mol. The number of carbonyl (C=O) groups is 1. The predicted octanol–water partition coefficient (Wildman–Crippen LogP) is 2.43. The van der Waals surface area contributed by atoms with E-state index < -0.39 is 15.8 Å². The Morgan fingerprint density at radius 2 is 1.79 bits per heavy atom. The average molecular weight is 417 g/mol. The summed E-state index contributed by atoms with van der Waals surface area (Å²) in [7, 11) is -3.73. The minimum Gasteiger partial charge on any atom is -0.356 e. The van der Waals surface area contributed by atoms with Crippen molar-refractivity contribution in [1.29, 1.82) is 0 Å².